The van der Waals surface area contributed by atoms with Gasteiger partial charge in [0, 0.05) is 13.6 Å². The van der Waals surface area contributed by atoms with Gasteiger partial charge in [-0.15, -0.1) is 5.10 Å². The quantitative estimate of drug-likeness (QED) is 0.779. The lowest BCUT2D eigenvalue weighted by Crippen LogP contribution is -2.30. The molecule has 0 bridgehead atoms. The van der Waals surface area contributed by atoms with Crippen molar-refractivity contribution in [2.24, 2.45) is 5.73 Å². The minimum Gasteiger partial charge on any atom is -0.344 e. The average molecular weight is 225 g/mol. The fraction of sp³-hybridized carbons (Fsp3) is 0.700. The van der Waals surface area contributed by atoms with E-state index in [2.05, 4.69) is 10.3 Å². The molecule has 0 saturated carbocycles. The van der Waals surface area contributed by atoms with Gasteiger partial charge in [0.15, 0.2) is 0 Å². The zero-order valence-electron chi connectivity index (χ0n) is 10.3. The molecule has 6 nitrogen and oxygen atoms in total. The van der Waals surface area contributed by atoms with E-state index in [1.807, 2.05) is 20.8 Å². The van der Waals surface area contributed by atoms with Crippen LogP contribution in [-0.2, 0) is 16.9 Å². The van der Waals surface area contributed by atoms with Gasteiger partial charge in [0.2, 0.25) is 5.91 Å². The van der Waals surface area contributed by atoms with Gasteiger partial charge in [-0.2, -0.15) is 0 Å². The van der Waals surface area contributed by atoms with Gasteiger partial charge in [-0.25, -0.2) is 4.68 Å². The summed E-state index contributed by atoms with van der Waals surface area (Å²) in [5.41, 5.74) is 6.03. The fourth-order valence-corrected chi connectivity index (χ4v) is 1.11. The maximum absolute atomic E-state index is 11.6. The van der Waals surface area contributed by atoms with Crippen molar-refractivity contribution in [1.29, 1.82) is 0 Å². The normalized spacial score (nSPS) is 11.6. The summed E-state index contributed by atoms with van der Waals surface area (Å²) in [7, 11) is 1.76. The Morgan fingerprint density at radius 2 is 2.25 bits per heavy atom. The van der Waals surface area contributed by atoms with Crippen LogP contribution in [0.2, 0.25) is 0 Å². The molecule has 0 aliphatic rings. The Hall–Kier alpha value is -1.43. The lowest BCUT2D eigenvalue weighted by atomic mass is 10.0. The number of hydrogen-bond acceptors (Lipinski definition) is 4. The van der Waals surface area contributed by atoms with Crippen LogP contribution in [0, 0.1) is 0 Å². The van der Waals surface area contributed by atoms with Crippen LogP contribution < -0.4 is 5.73 Å². The highest BCUT2D eigenvalue weighted by molar-refractivity contribution is 5.75. The van der Waals surface area contributed by atoms with E-state index >= 15 is 0 Å². The zero-order chi connectivity index (χ0) is 12.3. The van der Waals surface area contributed by atoms with Gasteiger partial charge in [0.25, 0.3) is 0 Å². The molecule has 1 aromatic rings. The maximum atomic E-state index is 11.6. The summed E-state index contributed by atoms with van der Waals surface area (Å²) in [5.74, 6) is 0.00813. The van der Waals surface area contributed by atoms with E-state index in [1.165, 1.54) is 4.68 Å². The van der Waals surface area contributed by atoms with Crippen molar-refractivity contribution in [1.82, 2.24) is 19.9 Å². The Balaban J connectivity index is 2.70. The van der Waals surface area contributed by atoms with Gasteiger partial charge in [-0.05, 0) is 20.8 Å². The van der Waals surface area contributed by atoms with E-state index in [4.69, 9.17) is 5.73 Å². The summed E-state index contributed by atoms with van der Waals surface area (Å²) in [6, 6.07) is 0. The second kappa shape index (κ2) is 4.61. The van der Waals surface area contributed by atoms with Crippen molar-refractivity contribution in [2.45, 2.75) is 32.9 Å². The van der Waals surface area contributed by atoms with Crippen molar-refractivity contribution >= 4 is 5.91 Å². The van der Waals surface area contributed by atoms with Crippen LogP contribution in [0.3, 0.4) is 0 Å². The summed E-state index contributed by atoms with van der Waals surface area (Å²) in [5, 5.41) is 7.82. The van der Waals surface area contributed by atoms with Crippen LogP contribution in [0.25, 0.3) is 0 Å². The lowest BCUT2D eigenvalue weighted by Gasteiger charge is -2.14. The van der Waals surface area contributed by atoms with Gasteiger partial charge in [-0.3, -0.25) is 4.79 Å². The van der Waals surface area contributed by atoms with Crippen molar-refractivity contribution < 1.29 is 4.79 Å². The minimum absolute atomic E-state index is 0.00813. The Bertz CT molecular complexity index is 366. The van der Waals surface area contributed by atoms with E-state index in [9.17, 15) is 4.79 Å². The van der Waals surface area contributed by atoms with Gasteiger partial charge in [0.1, 0.15) is 12.2 Å². The van der Waals surface area contributed by atoms with Crippen molar-refractivity contribution in [3.05, 3.63) is 11.9 Å². The molecule has 0 fully saturated rings. The minimum atomic E-state index is -0.530. The van der Waals surface area contributed by atoms with Crippen molar-refractivity contribution in [3.8, 4) is 0 Å². The molecule has 0 aliphatic carbocycles. The molecule has 1 aromatic heterocycles. The number of nitrogens with two attached hydrogens (primary N) is 1. The highest BCUT2D eigenvalue weighted by atomic mass is 16.2. The molecule has 1 heterocycles. The highest BCUT2D eigenvalue weighted by Crippen LogP contribution is 2.12. The van der Waals surface area contributed by atoms with E-state index in [-0.39, 0.29) is 12.5 Å². The van der Waals surface area contributed by atoms with Crippen molar-refractivity contribution in [3.63, 3.8) is 0 Å². The molecule has 6 heteroatoms. The molecule has 0 radical (unpaired) electrons. The maximum Gasteiger partial charge on any atom is 0.244 e. The topological polar surface area (TPSA) is 77.0 Å². The predicted molar refractivity (Wildman–Crippen MR) is 60.5 cm³/mol. The van der Waals surface area contributed by atoms with Crippen LogP contribution in [0.1, 0.15) is 26.5 Å². The first-order valence-electron chi connectivity index (χ1n) is 5.28. The van der Waals surface area contributed by atoms with Gasteiger partial charge in [0.05, 0.1) is 11.7 Å². The molecule has 0 aliphatic heterocycles. The first-order valence-corrected chi connectivity index (χ1v) is 5.28. The zero-order valence-corrected chi connectivity index (χ0v) is 10.3. The van der Waals surface area contributed by atoms with Gasteiger partial charge in [-0.1, -0.05) is 5.21 Å². The second-order valence-corrected chi connectivity index (χ2v) is 4.43. The van der Waals surface area contributed by atoms with Gasteiger partial charge >= 0.3 is 0 Å². The van der Waals surface area contributed by atoms with E-state index in [1.54, 1.807) is 18.1 Å². The number of amides is 1. The molecule has 0 aromatic carbocycles. The molecule has 90 valence electrons. The Morgan fingerprint density at radius 3 is 2.69 bits per heavy atom. The number of rotatable bonds is 4. The molecule has 0 saturated heterocycles. The third-order valence-electron chi connectivity index (χ3n) is 2.40. The third kappa shape index (κ3) is 3.03. The fourth-order valence-electron chi connectivity index (χ4n) is 1.11. The van der Waals surface area contributed by atoms with Crippen LogP contribution in [0.15, 0.2) is 6.20 Å². The molecular weight excluding hydrogens is 206 g/mol. The second-order valence-electron chi connectivity index (χ2n) is 4.43. The van der Waals surface area contributed by atoms with Crippen LogP contribution in [0.4, 0.5) is 0 Å². The summed E-state index contributed by atoms with van der Waals surface area (Å²) >= 11 is 0. The average Bonchev–Trinajstić information content (AvgIpc) is 2.64. The summed E-state index contributed by atoms with van der Waals surface area (Å²) in [6.07, 6.45) is 1.71. The Labute approximate surface area is 95.4 Å². The van der Waals surface area contributed by atoms with Crippen LogP contribution in [0.5, 0.6) is 0 Å². The molecular formula is C10H19N5O. The summed E-state index contributed by atoms with van der Waals surface area (Å²) in [4.78, 5) is 13.2. The lowest BCUT2D eigenvalue weighted by molar-refractivity contribution is -0.130. The summed E-state index contributed by atoms with van der Waals surface area (Å²) in [6.45, 7) is 6.51. The summed E-state index contributed by atoms with van der Waals surface area (Å²) < 4.78 is 1.51. The standard InChI is InChI=1S/C10H19N5O/c1-5-14(4)9(16)7-15-6-8(12-13-15)10(2,3)11/h6H,5,7,11H2,1-4H3. The van der Waals surface area contributed by atoms with Crippen molar-refractivity contribution in [2.75, 3.05) is 13.6 Å². The predicted octanol–water partition coefficient (Wildman–Crippen LogP) is -0.0498. The molecule has 16 heavy (non-hydrogen) atoms. The largest absolute Gasteiger partial charge is 0.344 e. The number of likely N-dealkylation sites (N-methyl/N-ethyl adjacent to an activating group) is 1. The van der Waals surface area contributed by atoms with E-state index < -0.39 is 5.54 Å². The monoisotopic (exact) mass is 225 g/mol. The first kappa shape index (κ1) is 12.6. The molecule has 0 atom stereocenters. The number of hydrogen-bond donors (Lipinski definition) is 1. The number of carbonyl (C=O) groups is 1. The number of aromatic nitrogens is 3. The molecule has 0 spiro atoms. The van der Waals surface area contributed by atoms with Crippen LogP contribution in [-0.4, -0.2) is 39.4 Å². The molecule has 1 rings (SSSR count). The first-order chi connectivity index (χ1) is 7.34. The van der Waals surface area contributed by atoms with Crippen LogP contribution >= 0.6 is 0 Å². The molecule has 1 amide bonds. The van der Waals surface area contributed by atoms with Gasteiger partial charge < -0.3 is 10.6 Å². The van der Waals surface area contributed by atoms with E-state index in [0.29, 0.717) is 12.2 Å². The number of carbonyl (C=O) groups excluding carboxylic acids is 1. The third-order valence-corrected chi connectivity index (χ3v) is 2.40. The molecule has 0 unspecified atom stereocenters. The molecule has 2 N–H and O–H groups in total. The Morgan fingerprint density at radius 1 is 1.62 bits per heavy atom. The smallest absolute Gasteiger partial charge is 0.244 e. The Kier molecular flexibility index (Phi) is 3.64. The van der Waals surface area contributed by atoms with E-state index in [0.717, 1.165) is 0 Å². The number of nitrogens with zero attached hydrogens (tertiary/aromatic N) is 4. The SMILES string of the molecule is CCN(C)C(=O)Cn1cc(C(C)(C)N)nn1. The highest BCUT2D eigenvalue weighted by Gasteiger charge is 2.19.